The monoisotopic (exact) mass is 282 g/mol. The van der Waals surface area contributed by atoms with Gasteiger partial charge in [0.2, 0.25) is 0 Å². The number of nitrogens with zero attached hydrogens (tertiary/aromatic N) is 1. The number of amidine groups is 1. The van der Waals surface area contributed by atoms with Crippen LogP contribution in [0.2, 0.25) is 0 Å². The maximum Gasteiger partial charge on any atom is 0.330 e. The lowest BCUT2D eigenvalue weighted by atomic mass is 10.2. The molecule has 1 aliphatic rings. The number of aliphatic imine (C=N–C) groups is 1. The fraction of sp³-hybridized carbons (Fsp3) is 0.333. The molecular weight excluding hydrogens is 268 g/mol. The first-order chi connectivity index (χ1) is 8.95. The fourth-order valence-electron chi connectivity index (χ4n) is 1.74. The first-order valence-electron chi connectivity index (χ1n) is 5.82. The van der Waals surface area contributed by atoms with Crippen molar-refractivity contribution in [2.75, 3.05) is 6.61 Å². The van der Waals surface area contributed by atoms with Crippen LogP contribution < -0.4 is 4.72 Å². The highest BCUT2D eigenvalue weighted by molar-refractivity contribution is 7.90. The van der Waals surface area contributed by atoms with E-state index < -0.39 is 22.0 Å². The smallest absolute Gasteiger partial charge is 0.330 e. The molecule has 0 spiro atoms. The number of carbonyl (C=O) groups excluding carboxylic acids is 1. The van der Waals surface area contributed by atoms with E-state index in [1.807, 2.05) is 0 Å². The molecule has 0 saturated carbocycles. The maximum atomic E-state index is 11.8. The van der Waals surface area contributed by atoms with Crippen LogP contribution in [-0.4, -0.2) is 32.9 Å². The van der Waals surface area contributed by atoms with Gasteiger partial charge in [-0.2, -0.15) is 0 Å². The number of ether oxygens (including phenoxy) is 1. The summed E-state index contributed by atoms with van der Waals surface area (Å²) in [5.74, 6) is -0.310. The zero-order chi connectivity index (χ0) is 14.0. The van der Waals surface area contributed by atoms with Crippen LogP contribution in [0.15, 0.2) is 34.2 Å². The number of hydrogen-bond acceptors (Lipinski definition) is 5. The van der Waals surface area contributed by atoms with Crippen molar-refractivity contribution in [3.63, 3.8) is 0 Å². The SMILES string of the molecule is CCOC(=O)C(C)N=C1NS(=O)(=O)c2ccccc21. The maximum absolute atomic E-state index is 11.8. The van der Waals surface area contributed by atoms with Gasteiger partial charge >= 0.3 is 5.97 Å². The highest BCUT2D eigenvalue weighted by atomic mass is 32.2. The van der Waals surface area contributed by atoms with Crippen molar-refractivity contribution in [1.82, 2.24) is 4.72 Å². The molecule has 0 bridgehead atoms. The van der Waals surface area contributed by atoms with Gasteiger partial charge in [0.1, 0.15) is 11.9 Å². The zero-order valence-electron chi connectivity index (χ0n) is 10.6. The fourth-order valence-corrected chi connectivity index (χ4v) is 2.98. The van der Waals surface area contributed by atoms with Crippen LogP contribution in [0.4, 0.5) is 0 Å². The van der Waals surface area contributed by atoms with Crippen LogP contribution in [0.5, 0.6) is 0 Å². The van der Waals surface area contributed by atoms with E-state index in [-0.39, 0.29) is 17.3 Å². The number of rotatable bonds is 3. The molecule has 1 heterocycles. The Hall–Kier alpha value is -1.89. The van der Waals surface area contributed by atoms with Gasteiger partial charge in [-0.1, -0.05) is 12.1 Å². The van der Waals surface area contributed by atoms with E-state index in [1.54, 1.807) is 32.0 Å². The molecule has 2 rings (SSSR count). The second-order valence-electron chi connectivity index (χ2n) is 4.01. The molecule has 0 saturated heterocycles. The van der Waals surface area contributed by atoms with Crippen molar-refractivity contribution in [3.8, 4) is 0 Å². The molecule has 1 atom stereocenters. The van der Waals surface area contributed by atoms with Gasteiger partial charge in [0.25, 0.3) is 10.0 Å². The van der Waals surface area contributed by atoms with Crippen molar-refractivity contribution in [3.05, 3.63) is 29.8 Å². The van der Waals surface area contributed by atoms with Crippen molar-refractivity contribution in [2.45, 2.75) is 24.8 Å². The number of carbonyl (C=O) groups is 1. The number of sulfonamides is 1. The molecule has 1 aliphatic heterocycles. The van der Waals surface area contributed by atoms with Crippen LogP contribution in [0, 0.1) is 0 Å². The number of fused-ring (bicyclic) bond motifs is 1. The standard InChI is InChI=1S/C12H14N2O4S/c1-3-18-12(15)8(2)13-11-9-6-4-5-7-10(9)19(16,17)14-11/h4-8H,3H2,1-2H3,(H,13,14). The average molecular weight is 282 g/mol. The topological polar surface area (TPSA) is 84.8 Å². The summed E-state index contributed by atoms with van der Waals surface area (Å²) >= 11 is 0. The third kappa shape index (κ3) is 2.60. The van der Waals surface area contributed by atoms with Gasteiger partial charge in [-0.05, 0) is 26.0 Å². The summed E-state index contributed by atoms with van der Waals surface area (Å²) < 4.78 is 30.8. The van der Waals surface area contributed by atoms with Crippen molar-refractivity contribution < 1.29 is 17.9 Å². The molecule has 0 radical (unpaired) electrons. The van der Waals surface area contributed by atoms with Crippen molar-refractivity contribution in [2.24, 2.45) is 4.99 Å². The molecule has 1 N–H and O–H groups in total. The molecule has 19 heavy (non-hydrogen) atoms. The van der Waals surface area contributed by atoms with E-state index in [2.05, 4.69) is 9.71 Å². The molecule has 0 amide bonds. The molecule has 0 aromatic heterocycles. The van der Waals surface area contributed by atoms with Gasteiger partial charge in [-0.25, -0.2) is 13.2 Å². The Balaban J connectivity index is 2.36. The molecule has 0 fully saturated rings. The van der Waals surface area contributed by atoms with E-state index in [1.165, 1.54) is 6.07 Å². The van der Waals surface area contributed by atoms with E-state index >= 15 is 0 Å². The number of nitrogens with one attached hydrogen (secondary N) is 1. The highest BCUT2D eigenvalue weighted by Gasteiger charge is 2.31. The molecule has 7 heteroatoms. The Morgan fingerprint density at radius 1 is 1.42 bits per heavy atom. The predicted octanol–water partition coefficient (Wildman–Crippen LogP) is 0.677. The minimum Gasteiger partial charge on any atom is -0.464 e. The van der Waals surface area contributed by atoms with Crippen molar-refractivity contribution in [1.29, 1.82) is 0 Å². The van der Waals surface area contributed by atoms with Gasteiger partial charge in [-0.15, -0.1) is 0 Å². The van der Waals surface area contributed by atoms with Crippen LogP contribution in [0.3, 0.4) is 0 Å². The molecule has 102 valence electrons. The molecule has 1 aromatic rings. The second-order valence-corrected chi connectivity index (χ2v) is 5.66. The summed E-state index contributed by atoms with van der Waals surface area (Å²) in [4.78, 5) is 15.8. The summed E-state index contributed by atoms with van der Waals surface area (Å²) in [7, 11) is -3.57. The number of benzene rings is 1. The molecule has 0 aliphatic carbocycles. The summed E-state index contributed by atoms with van der Waals surface area (Å²) in [6.07, 6.45) is 0. The third-order valence-corrected chi connectivity index (χ3v) is 4.01. The van der Waals surface area contributed by atoms with E-state index in [0.29, 0.717) is 5.56 Å². The Morgan fingerprint density at radius 2 is 2.11 bits per heavy atom. The lowest BCUT2D eigenvalue weighted by molar-refractivity contribution is -0.144. The highest BCUT2D eigenvalue weighted by Crippen LogP contribution is 2.22. The lowest BCUT2D eigenvalue weighted by Crippen LogP contribution is -2.26. The largest absolute Gasteiger partial charge is 0.464 e. The van der Waals surface area contributed by atoms with Gasteiger partial charge in [0.15, 0.2) is 0 Å². The summed E-state index contributed by atoms with van der Waals surface area (Å²) in [5.41, 5.74) is 0.471. The third-order valence-electron chi connectivity index (χ3n) is 2.61. The average Bonchev–Trinajstić information content (AvgIpc) is 2.62. The van der Waals surface area contributed by atoms with Gasteiger partial charge < -0.3 is 4.74 Å². The summed E-state index contributed by atoms with van der Waals surface area (Å²) in [5, 5.41) is 0. The molecular formula is C12H14N2O4S. The molecule has 1 unspecified atom stereocenters. The van der Waals surface area contributed by atoms with Crippen LogP contribution in [-0.2, 0) is 19.6 Å². The molecule has 6 nitrogen and oxygen atoms in total. The Labute approximate surface area is 111 Å². The lowest BCUT2D eigenvalue weighted by Gasteiger charge is -2.07. The van der Waals surface area contributed by atoms with E-state index in [4.69, 9.17) is 4.74 Å². The summed E-state index contributed by atoms with van der Waals surface area (Å²) in [6, 6.07) is 5.73. The minimum absolute atomic E-state index is 0.171. The number of hydrogen-bond donors (Lipinski definition) is 1. The van der Waals surface area contributed by atoms with Crippen LogP contribution >= 0.6 is 0 Å². The minimum atomic E-state index is -3.57. The van der Waals surface area contributed by atoms with Gasteiger partial charge in [-0.3, -0.25) is 9.71 Å². The van der Waals surface area contributed by atoms with Crippen LogP contribution in [0.25, 0.3) is 0 Å². The Morgan fingerprint density at radius 3 is 2.79 bits per heavy atom. The van der Waals surface area contributed by atoms with E-state index in [0.717, 1.165) is 0 Å². The van der Waals surface area contributed by atoms with E-state index in [9.17, 15) is 13.2 Å². The number of esters is 1. The predicted molar refractivity (Wildman–Crippen MR) is 69.4 cm³/mol. The second kappa shape index (κ2) is 5.00. The molecule has 1 aromatic carbocycles. The van der Waals surface area contributed by atoms with Gasteiger partial charge in [0, 0.05) is 5.56 Å². The Bertz CT molecular complexity index is 637. The first kappa shape index (κ1) is 13.5. The summed E-state index contributed by atoms with van der Waals surface area (Å²) in [6.45, 7) is 3.52. The normalized spacial score (nSPS) is 19.6. The zero-order valence-corrected chi connectivity index (χ0v) is 11.4. The Kier molecular flexibility index (Phi) is 3.57. The first-order valence-corrected chi connectivity index (χ1v) is 7.30. The van der Waals surface area contributed by atoms with Crippen molar-refractivity contribution >= 4 is 21.8 Å². The van der Waals surface area contributed by atoms with Gasteiger partial charge in [0.05, 0.1) is 11.5 Å². The quantitative estimate of drug-likeness (QED) is 0.826. The van der Waals surface area contributed by atoms with Crippen LogP contribution in [0.1, 0.15) is 19.4 Å².